The van der Waals surface area contributed by atoms with Crippen molar-refractivity contribution >= 4 is 17.7 Å². The van der Waals surface area contributed by atoms with Crippen LogP contribution >= 0.6 is 11.8 Å². The summed E-state index contributed by atoms with van der Waals surface area (Å²) >= 11 is 1.07. The molecule has 0 amide bonds. The van der Waals surface area contributed by atoms with Gasteiger partial charge in [0.2, 0.25) is 0 Å². The molecular formula is C20H18N6O3S. The van der Waals surface area contributed by atoms with Gasteiger partial charge in [-0.2, -0.15) is 0 Å². The molecule has 0 saturated carbocycles. The van der Waals surface area contributed by atoms with Crippen molar-refractivity contribution < 1.29 is 14.6 Å². The van der Waals surface area contributed by atoms with E-state index in [-0.39, 0.29) is 5.75 Å². The van der Waals surface area contributed by atoms with E-state index in [2.05, 4.69) is 20.5 Å². The van der Waals surface area contributed by atoms with Gasteiger partial charge in [-0.15, -0.1) is 15.3 Å². The molecule has 0 fully saturated rings. The molecule has 0 saturated heterocycles. The van der Waals surface area contributed by atoms with Gasteiger partial charge in [0.05, 0.1) is 29.9 Å². The second kappa shape index (κ2) is 8.37. The van der Waals surface area contributed by atoms with Crippen LogP contribution in [-0.2, 0) is 4.79 Å². The maximum atomic E-state index is 11.1. The minimum Gasteiger partial charge on any atom is -0.495 e. The number of carbonyl (C=O) groups is 1. The van der Waals surface area contributed by atoms with E-state index in [0.717, 1.165) is 23.1 Å². The fourth-order valence-electron chi connectivity index (χ4n) is 3.02. The molecule has 0 aliphatic rings. The van der Waals surface area contributed by atoms with Gasteiger partial charge in [-0.25, -0.2) is 4.68 Å². The molecule has 0 aliphatic carbocycles. The Morgan fingerprint density at radius 2 is 1.80 bits per heavy atom. The number of thioether (sulfide) groups is 1. The van der Waals surface area contributed by atoms with E-state index < -0.39 is 5.97 Å². The lowest BCUT2D eigenvalue weighted by molar-refractivity contribution is -0.133. The average Bonchev–Trinajstić information content (AvgIpc) is 3.35. The predicted molar refractivity (Wildman–Crippen MR) is 111 cm³/mol. The van der Waals surface area contributed by atoms with Crippen molar-refractivity contribution in [1.82, 2.24) is 29.8 Å². The van der Waals surface area contributed by atoms with Crippen LogP contribution in [0.4, 0.5) is 0 Å². The molecule has 0 spiro atoms. The minimum atomic E-state index is -0.942. The molecule has 4 aromatic rings. The second-order valence-electron chi connectivity index (χ2n) is 6.27. The Bertz CT molecular complexity index is 1190. The first-order valence-corrected chi connectivity index (χ1v) is 10.00. The molecule has 4 rings (SSSR count). The number of hydrogen-bond donors (Lipinski definition) is 1. The highest BCUT2D eigenvalue weighted by Crippen LogP contribution is 2.33. The van der Waals surface area contributed by atoms with E-state index in [0.29, 0.717) is 28.1 Å². The van der Waals surface area contributed by atoms with Gasteiger partial charge in [-0.3, -0.25) is 9.36 Å². The molecule has 2 heterocycles. The molecule has 0 aliphatic heterocycles. The van der Waals surface area contributed by atoms with Gasteiger partial charge in [0.1, 0.15) is 5.75 Å². The Morgan fingerprint density at radius 1 is 1.07 bits per heavy atom. The number of nitrogens with zero attached hydrogens (tertiary/aromatic N) is 6. The van der Waals surface area contributed by atoms with E-state index in [1.54, 1.807) is 16.4 Å². The number of carboxylic acids is 1. The first kappa shape index (κ1) is 19.6. The third kappa shape index (κ3) is 3.64. The van der Waals surface area contributed by atoms with E-state index in [4.69, 9.17) is 9.84 Å². The van der Waals surface area contributed by atoms with Crippen LogP contribution in [0, 0.1) is 6.92 Å². The largest absolute Gasteiger partial charge is 0.495 e. The lowest BCUT2D eigenvalue weighted by Crippen LogP contribution is -2.05. The van der Waals surface area contributed by atoms with Gasteiger partial charge in [-0.1, -0.05) is 47.3 Å². The Balaban J connectivity index is 1.87. The SMILES string of the molecule is COc1ccccc1-n1c(SCC(=O)O)nnc1-c1nnn(-c2ccccc2)c1C. The zero-order valence-corrected chi connectivity index (χ0v) is 17.1. The van der Waals surface area contributed by atoms with Gasteiger partial charge >= 0.3 is 5.97 Å². The highest BCUT2D eigenvalue weighted by atomic mass is 32.2. The molecule has 0 atom stereocenters. The van der Waals surface area contributed by atoms with Crippen molar-refractivity contribution in [3.05, 3.63) is 60.3 Å². The smallest absolute Gasteiger partial charge is 0.313 e. The number of ether oxygens (including phenoxy) is 1. The Morgan fingerprint density at radius 3 is 2.53 bits per heavy atom. The van der Waals surface area contributed by atoms with Crippen LogP contribution in [0.3, 0.4) is 0 Å². The molecule has 30 heavy (non-hydrogen) atoms. The average molecular weight is 422 g/mol. The monoisotopic (exact) mass is 422 g/mol. The number of methoxy groups -OCH3 is 1. The van der Waals surface area contributed by atoms with Crippen molar-refractivity contribution in [3.8, 4) is 28.6 Å². The van der Waals surface area contributed by atoms with E-state index >= 15 is 0 Å². The van der Waals surface area contributed by atoms with Gasteiger partial charge < -0.3 is 9.84 Å². The van der Waals surface area contributed by atoms with Crippen molar-refractivity contribution in [2.45, 2.75) is 12.1 Å². The predicted octanol–water partition coefficient (Wildman–Crippen LogP) is 3.01. The summed E-state index contributed by atoms with van der Waals surface area (Å²) in [5, 5.41) is 26.7. The molecule has 9 nitrogen and oxygen atoms in total. The molecule has 0 unspecified atom stereocenters. The summed E-state index contributed by atoms with van der Waals surface area (Å²) in [4.78, 5) is 11.1. The molecule has 0 bridgehead atoms. The maximum Gasteiger partial charge on any atom is 0.313 e. The molecule has 10 heteroatoms. The molecular weight excluding hydrogens is 404 g/mol. The molecule has 2 aromatic carbocycles. The summed E-state index contributed by atoms with van der Waals surface area (Å²) < 4.78 is 8.97. The summed E-state index contributed by atoms with van der Waals surface area (Å²) in [6.07, 6.45) is 0. The topological polar surface area (TPSA) is 108 Å². The number of hydrogen-bond acceptors (Lipinski definition) is 7. The zero-order valence-electron chi connectivity index (χ0n) is 16.3. The molecule has 152 valence electrons. The normalized spacial score (nSPS) is 10.9. The van der Waals surface area contributed by atoms with E-state index in [1.807, 2.05) is 61.5 Å². The number of rotatable bonds is 7. The van der Waals surface area contributed by atoms with Crippen LogP contribution in [-0.4, -0.2) is 53.7 Å². The third-order valence-electron chi connectivity index (χ3n) is 4.39. The summed E-state index contributed by atoms with van der Waals surface area (Å²) in [6, 6.07) is 17.0. The van der Waals surface area contributed by atoms with Crippen molar-refractivity contribution in [2.75, 3.05) is 12.9 Å². The molecule has 1 N–H and O–H groups in total. The van der Waals surface area contributed by atoms with Crippen molar-refractivity contribution in [3.63, 3.8) is 0 Å². The van der Waals surface area contributed by atoms with Gasteiger partial charge in [0.25, 0.3) is 0 Å². The van der Waals surface area contributed by atoms with Crippen LogP contribution in [0.15, 0.2) is 59.8 Å². The lowest BCUT2D eigenvalue weighted by Gasteiger charge is -2.13. The first-order valence-electron chi connectivity index (χ1n) is 9.01. The Hall–Kier alpha value is -3.66. The molecule has 0 radical (unpaired) electrons. The van der Waals surface area contributed by atoms with E-state index in [1.165, 1.54) is 0 Å². The van der Waals surface area contributed by atoms with Crippen molar-refractivity contribution in [1.29, 1.82) is 0 Å². The zero-order chi connectivity index (χ0) is 21.1. The number of aromatic nitrogens is 6. The number of carboxylic acid groups (broad SMARTS) is 1. The Kier molecular flexibility index (Phi) is 5.48. The van der Waals surface area contributed by atoms with Crippen molar-refractivity contribution in [2.24, 2.45) is 0 Å². The van der Waals surface area contributed by atoms with Crippen LogP contribution in [0.5, 0.6) is 5.75 Å². The van der Waals surface area contributed by atoms with Gasteiger partial charge in [0, 0.05) is 0 Å². The third-order valence-corrected chi connectivity index (χ3v) is 5.31. The summed E-state index contributed by atoms with van der Waals surface area (Å²) in [5.41, 5.74) is 2.87. The fourth-order valence-corrected chi connectivity index (χ4v) is 3.69. The Labute approximate surface area is 176 Å². The standard InChI is InChI=1S/C20H18N6O3S/c1-13-18(21-24-26(13)14-8-4-3-5-9-14)19-22-23-20(30-12-17(27)28)25(19)15-10-6-7-11-16(15)29-2/h3-11H,12H2,1-2H3,(H,27,28). The quantitative estimate of drug-likeness (QED) is 0.453. The summed E-state index contributed by atoms with van der Waals surface area (Å²) in [5.74, 6) is -0.0404. The number of para-hydroxylation sites is 3. The summed E-state index contributed by atoms with van der Waals surface area (Å²) in [7, 11) is 1.57. The van der Waals surface area contributed by atoms with Gasteiger partial charge in [-0.05, 0) is 31.2 Å². The second-order valence-corrected chi connectivity index (χ2v) is 7.21. The number of benzene rings is 2. The molecule has 2 aromatic heterocycles. The highest BCUT2D eigenvalue weighted by Gasteiger charge is 2.24. The maximum absolute atomic E-state index is 11.1. The lowest BCUT2D eigenvalue weighted by atomic mass is 10.2. The van der Waals surface area contributed by atoms with Crippen LogP contribution in [0.25, 0.3) is 22.9 Å². The first-order chi connectivity index (χ1) is 14.6. The van der Waals surface area contributed by atoms with E-state index in [9.17, 15) is 4.79 Å². The summed E-state index contributed by atoms with van der Waals surface area (Å²) in [6.45, 7) is 1.90. The fraction of sp³-hybridized carbons (Fsp3) is 0.150. The van der Waals surface area contributed by atoms with Crippen LogP contribution in [0.1, 0.15) is 5.69 Å². The minimum absolute atomic E-state index is 0.150. The van der Waals surface area contributed by atoms with Gasteiger partial charge in [0.15, 0.2) is 16.7 Å². The highest BCUT2D eigenvalue weighted by molar-refractivity contribution is 7.99. The van der Waals surface area contributed by atoms with Crippen LogP contribution in [0.2, 0.25) is 0 Å². The number of aliphatic carboxylic acids is 1. The van der Waals surface area contributed by atoms with Crippen LogP contribution < -0.4 is 4.74 Å².